The molecule has 4 rings (SSSR count). The van der Waals surface area contributed by atoms with Crippen molar-refractivity contribution in [1.82, 2.24) is 0 Å². The molecule has 0 spiro atoms. The van der Waals surface area contributed by atoms with Gasteiger partial charge in [0.05, 0.1) is 11.4 Å². The van der Waals surface area contributed by atoms with Crippen molar-refractivity contribution in [1.29, 1.82) is 0 Å². The lowest BCUT2D eigenvalue weighted by Crippen LogP contribution is -2.15. The Labute approximate surface area is 142 Å². The van der Waals surface area contributed by atoms with Gasteiger partial charge in [-0.3, -0.25) is 4.79 Å². The fourth-order valence-electron chi connectivity index (χ4n) is 2.73. The number of nitrogens with zero attached hydrogens (tertiary/aromatic N) is 1. The van der Waals surface area contributed by atoms with Crippen LogP contribution in [0.25, 0.3) is 0 Å². The summed E-state index contributed by atoms with van der Waals surface area (Å²) in [5.41, 5.74) is 3.51. The molecule has 0 saturated carbocycles. The Kier molecular flexibility index (Phi) is 3.39. The highest BCUT2D eigenvalue weighted by Crippen LogP contribution is 2.50. The van der Waals surface area contributed by atoms with Crippen LogP contribution >= 0.6 is 15.9 Å². The van der Waals surface area contributed by atoms with Crippen LogP contribution in [0.15, 0.2) is 71.2 Å². The molecule has 1 aliphatic rings. The monoisotopic (exact) mass is 365 g/mol. The summed E-state index contributed by atoms with van der Waals surface area (Å²) in [5, 5.41) is 0. The molecule has 0 unspecified atom stereocenters. The van der Waals surface area contributed by atoms with E-state index in [-0.39, 0.29) is 0 Å². The van der Waals surface area contributed by atoms with E-state index in [1.165, 1.54) is 0 Å². The quantitative estimate of drug-likeness (QED) is 0.418. The lowest BCUT2D eigenvalue weighted by Gasteiger charge is -2.33. The van der Waals surface area contributed by atoms with Crippen LogP contribution < -0.4 is 9.64 Å². The van der Waals surface area contributed by atoms with E-state index in [4.69, 9.17) is 4.74 Å². The molecule has 0 atom stereocenters. The van der Waals surface area contributed by atoms with Gasteiger partial charge in [-0.25, -0.2) is 0 Å². The summed E-state index contributed by atoms with van der Waals surface area (Å²) < 4.78 is 6.97. The first-order chi connectivity index (χ1) is 11.3. The van der Waals surface area contributed by atoms with Gasteiger partial charge in [-0.15, -0.1) is 0 Å². The maximum Gasteiger partial charge on any atom is 0.152 e. The number of rotatable bonds is 2. The molecule has 1 heterocycles. The van der Waals surface area contributed by atoms with Crippen LogP contribution in [0.4, 0.5) is 17.1 Å². The Balaban J connectivity index is 1.96. The summed E-state index contributed by atoms with van der Waals surface area (Å²) in [6.07, 6.45) is 0.826. The third kappa shape index (κ3) is 2.41. The van der Waals surface area contributed by atoms with Crippen LogP contribution in [0.1, 0.15) is 10.4 Å². The third-order valence-electron chi connectivity index (χ3n) is 3.76. The summed E-state index contributed by atoms with van der Waals surface area (Å²) in [7, 11) is 0. The van der Waals surface area contributed by atoms with E-state index in [0.717, 1.165) is 33.6 Å². The maximum atomic E-state index is 11.1. The van der Waals surface area contributed by atoms with Gasteiger partial charge in [0.2, 0.25) is 0 Å². The average Bonchev–Trinajstić information content (AvgIpc) is 2.59. The van der Waals surface area contributed by atoms with Gasteiger partial charge in [0.1, 0.15) is 6.29 Å². The lowest BCUT2D eigenvalue weighted by molar-refractivity contribution is 0.112. The number of anilines is 3. The van der Waals surface area contributed by atoms with Crippen molar-refractivity contribution in [2.24, 2.45) is 0 Å². The number of carbonyl (C=O) groups is 1. The number of hydrogen-bond donors (Lipinski definition) is 0. The van der Waals surface area contributed by atoms with E-state index in [1.54, 1.807) is 12.1 Å². The Morgan fingerprint density at radius 1 is 0.870 bits per heavy atom. The highest BCUT2D eigenvalue weighted by atomic mass is 79.9. The van der Waals surface area contributed by atoms with Crippen LogP contribution in [0.3, 0.4) is 0 Å². The molecule has 0 fully saturated rings. The Morgan fingerprint density at radius 2 is 1.57 bits per heavy atom. The Bertz CT molecular complexity index is 893. The standard InChI is InChI=1S/C19H12BrNO2/c20-14-7-9-17-19(11-14)23-18-10-13(12-22)6-8-16(18)21(17)15-4-2-1-3-5-15/h1-12H. The third-order valence-corrected chi connectivity index (χ3v) is 4.25. The fraction of sp³-hybridized carbons (Fsp3) is 0. The van der Waals surface area contributed by atoms with E-state index >= 15 is 0 Å². The van der Waals surface area contributed by atoms with Crippen molar-refractivity contribution in [2.45, 2.75) is 0 Å². The summed E-state index contributed by atoms with van der Waals surface area (Å²) in [5.74, 6) is 1.42. The molecule has 3 aromatic carbocycles. The van der Waals surface area contributed by atoms with Gasteiger partial charge >= 0.3 is 0 Å². The summed E-state index contributed by atoms with van der Waals surface area (Å²) >= 11 is 3.48. The molecule has 0 N–H and O–H groups in total. The zero-order valence-electron chi connectivity index (χ0n) is 12.1. The predicted molar refractivity (Wildman–Crippen MR) is 94.3 cm³/mol. The molecular formula is C19H12BrNO2. The summed E-state index contributed by atoms with van der Waals surface area (Å²) in [6.45, 7) is 0. The number of halogens is 1. The van der Waals surface area contributed by atoms with E-state index in [0.29, 0.717) is 11.3 Å². The SMILES string of the molecule is O=Cc1ccc2c(c1)Oc1cc(Br)ccc1N2c1ccccc1. The van der Waals surface area contributed by atoms with Gasteiger partial charge in [0.15, 0.2) is 11.5 Å². The Morgan fingerprint density at radius 3 is 2.30 bits per heavy atom. The molecule has 3 nitrogen and oxygen atoms in total. The van der Waals surface area contributed by atoms with Gasteiger partial charge in [0.25, 0.3) is 0 Å². The van der Waals surface area contributed by atoms with Gasteiger partial charge in [-0.1, -0.05) is 34.1 Å². The van der Waals surface area contributed by atoms with E-state index in [9.17, 15) is 4.79 Å². The number of ether oxygens (including phenoxy) is 1. The van der Waals surface area contributed by atoms with Crippen molar-refractivity contribution in [2.75, 3.05) is 4.90 Å². The molecule has 0 aromatic heterocycles. The Hall–Kier alpha value is -2.59. The number of fused-ring (bicyclic) bond motifs is 2. The van der Waals surface area contributed by atoms with E-state index in [2.05, 4.69) is 33.0 Å². The normalized spacial score (nSPS) is 12.1. The van der Waals surface area contributed by atoms with Crippen molar-refractivity contribution >= 4 is 39.3 Å². The van der Waals surface area contributed by atoms with E-state index < -0.39 is 0 Å². The van der Waals surface area contributed by atoms with Crippen LogP contribution in [-0.2, 0) is 0 Å². The molecular weight excluding hydrogens is 354 g/mol. The highest BCUT2D eigenvalue weighted by Gasteiger charge is 2.26. The van der Waals surface area contributed by atoms with Crippen LogP contribution in [0, 0.1) is 0 Å². The maximum absolute atomic E-state index is 11.1. The number of hydrogen-bond acceptors (Lipinski definition) is 3. The summed E-state index contributed by atoms with van der Waals surface area (Å²) in [6, 6.07) is 21.5. The molecule has 112 valence electrons. The molecule has 3 aromatic rings. The fourth-order valence-corrected chi connectivity index (χ4v) is 3.07. The average molecular weight is 366 g/mol. The predicted octanol–water partition coefficient (Wildman–Crippen LogP) is 5.84. The molecule has 4 heteroatoms. The van der Waals surface area contributed by atoms with Crippen molar-refractivity contribution < 1.29 is 9.53 Å². The topological polar surface area (TPSA) is 29.5 Å². The van der Waals surface area contributed by atoms with Gasteiger partial charge < -0.3 is 9.64 Å². The number of carbonyl (C=O) groups excluding carboxylic acids is 1. The van der Waals surface area contributed by atoms with Gasteiger partial charge in [0, 0.05) is 15.7 Å². The van der Waals surface area contributed by atoms with Crippen molar-refractivity contribution in [3.05, 3.63) is 76.8 Å². The van der Waals surface area contributed by atoms with Crippen LogP contribution in [0.2, 0.25) is 0 Å². The highest BCUT2D eigenvalue weighted by molar-refractivity contribution is 9.10. The number of para-hydroxylation sites is 1. The van der Waals surface area contributed by atoms with Gasteiger partial charge in [-0.2, -0.15) is 0 Å². The van der Waals surface area contributed by atoms with Gasteiger partial charge in [-0.05, 0) is 48.5 Å². The first kappa shape index (κ1) is 14.0. The van der Waals surface area contributed by atoms with Crippen LogP contribution in [-0.4, -0.2) is 6.29 Å². The zero-order valence-corrected chi connectivity index (χ0v) is 13.7. The first-order valence-electron chi connectivity index (χ1n) is 7.18. The molecule has 0 amide bonds. The van der Waals surface area contributed by atoms with E-state index in [1.807, 2.05) is 42.5 Å². The van der Waals surface area contributed by atoms with Crippen LogP contribution in [0.5, 0.6) is 11.5 Å². The molecule has 0 bridgehead atoms. The summed E-state index contributed by atoms with van der Waals surface area (Å²) in [4.78, 5) is 13.2. The number of benzene rings is 3. The molecule has 0 saturated heterocycles. The smallest absolute Gasteiger partial charge is 0.152 e. The number of aldehydes is 1. The molecule has 1 aliphatic heterocycles. The second-order valence-corrected chi connectivity index (χ2v) is 6.15. The first-order valence-corrected chi connectivity index (χ1v) is 7.97. The molecule has 0 radical (unpaired) electrons. The second kappa shape index (κ2) is 5.56. The molecule has 0 aliphatic carbocycles. The van der Waals surface area contributed by atoms with Crippen molar-refractivity contribution in [3.8, 4) is 11.5 Å². The lowest BCUT2D eigenvalue weighted by atomic mass is 10.1. The minimum atomic E-state index is 0.593. The second-order valence-electron chi connectivity index (χ2n) is 5.23. The largest absolute Gasteiger partial charge is 0.453 e. The van der Waals surface area contributed by atoms with Crippen molar-refractivity contribution in [3.63, 3.8) is 0 Å². The minimum Gasteiger partial charge on any atom is -0.453 e. The zero-order chi connectivity index (χ0) is 15.8. The molecule has 23 heavy (non-hydrogen) atoms. The minimum absolute atomic E-state index is 0.593.